The fraction of sp³-hybridized carbons (Fsp3) is 0.316. The van der Waals surface area contributed by atoms with Crippen molar-refractivity contribution in [2.45, 2.75) is 20.8 Å². The minimum absolute atomic E-state index is 0.108. The van der Waals surface area contributed by atoms with Gasteiger partial charge >= 0.3 is 11.9 Å². The highest BCUT2D eigenvalue weighted by Gasteiger charge is 2.38. The van der Waals surface area contributed by atoms with E-state index in [-0.39, 0.29) is 24.4 Å². The highest BCUT2D eigenvalue weighted by molar-refractivity contribution is 6.07. The van der Waals surface area contributed by atoms with Crippen LogP contribution in [0.3, 0.4) is 0 Å². The Kier molecular flexibility index (Phi) is 6.11. The van der Waals surface area contributed by atoms with E-state index in [2.05, 4.69) is 5.32 Å². The molecular formula is C19H21NO5. The van der Waals surface area contributed by atoms with Crippen molar-refractivity contribution in [2.75, 3.05) is 13.2 Å². The summed E-state index contributed by atoms with van der Waals surface area (Å²) in [5.41, 5.74) is 1.89. The van der Waals surface area contributed by atoms with E-state index < -0.39 is 17.9 Å². The zero-order valence-corrected chi connectivity index (χ0v) is 14.5. The number of carbonyl (C=O) groups excluding carboxylic acids is 3. The van der Waals surface area contributed by atoms with Crippen LogP contribution in [0, 0.1) is 5.92 Å². The molecule has 0 unspecified atom stereocenters. The number of esters is 2. The number of rotatable bonds is 6. The Morgan fingerprint density at radius 2 is 1.60 bits per heavy atom. The van der Waals surface area contributed by atoms with Gasteiger partial charge < -0.3 is 19.6 Å². The van der Waals surface area contributed by atoms with Crippen molar-refractivity contribution >= 4 is 23.9 Å². The molecule has 6 heteroatoms. The third-order valence-corrected chi connectivity index (χ3v) is 3.80. The van der Waals surface area contributed by atoms with Crippen LogP contribution in [0.4, 0.5) is 0 Å². The summed E-state index contributed by atoms with van der Waals surface area (Å²) in [6, 6.07) is 9.12. The number of benzene rings is 1. The summed E-state index contributed by atoms with van der Waals surface area (Å²) >= 11 is 0. The molecule has 0 bridgehead atoms. The second kappa shape index (κ2) is 8.28. The highest BCUT2D eigenvalue weighted by atomic mass is 16.5. The van der Waals surface area contributed by atoms with Crippen LogP contribution in [0.25, 0.3) is 5.70 Å². The first-order valence-corrected chi connectivity index (χ1v) is 8.12. The topological polar surface area (TPSA) is 81.7 Å². The Balaban J connectivity index is 2.61. The van der Waals surface area contributed by atoms with Crippen molar-refractivity contribution in [1.29, 1.82) is 0 Å². The first-order chi connectivity index (χ1) is 12.0. The predicted molar refractivity (Wildman–Crippen MR) is 92.0 cm³/mol. The molecule has 0 amide bonds. The van der Waals surface area contributed by atoms with Crippen LogP contribution < -0.4 is 5.32 Å². The number of hydrogen-bond acceptors (Lipinski definition) is 6. The van der Waals surface area contributed by atoms with Crippen molar-refractivity contribution in [3.8, 4) is 0 Å². The molecule has 1 atom stereocenters. The highest BCUT2D eigenvalue weighted by Crippen LogP contribution is 2.34. The Labute approximate surface area is 146 Å². The molecule has 6 nitrogen and oxygen atoms in total. The normalized spacial score (nSPS) is 17.0. The molecular weight excluding hydrogens is 322 g/mol. The van der Waals surface area contributed by atoms with E-state index in [1.165, 1.54) is 0 Å². The second-order valence-electron chi connectivity index (χ2n) is 5.37. The molecule has 1 aromatic rings. The molecule has 0 saturated carbocycles. The van der Waals surface area contributed by atoms with Gasteiger partial charge in [-0.1, -0.05) is 30.3 Å². The van der Waals surface area contributed by atoms with Gasteiger partial charge in [0.1, 0.15) is 6.29 Å². The summed E-state index contributed by atoms with van der Waals surface area (Å²) in [6.45, 7) is 5.36. The summed E-state index contributed by atoms with van der Waals surface area (Å²) in [7, 11) is 0. The Hall–Kier alpha value is -2.89. The minimum Gasteiger partial charge on any atom is -0.463 e. The molecule has 25 heavy (non-hydrogen) atoms. The Morgan fingerprint density at radius 1 is 1.04 bits per heavy atom. The largest absolute Gasteiger partial charge is 0.463 e. The minimum atomic E-state index is -1.05. The Bertz CT molecular complexity index is 733. The summed E-state index contributed by atoms with van der Waals surface area (Å²) in [5.74, 6) is -2.31. The number of aldehydes is 1. The van der Waals surface area contributed by atoms with Crippen LogP contribution in [0.1, 0.15) is 26.3 Å². The van der Waals surface area contributed by atoms with E-state index in [1.807, 2.05) is 30.3 Å². The van der Waals surface area contributed by atoms with Gasteiger partial charge in [-0.2, -0.15) is 0 Å². The number of carbonyl (C=O) groups is 3. The molecule has 0 aromatic heterocycles. The van der Waals surface area contributed by atoms with E-state index in [9.17, 15) is 14.4 Å². The lowest BCUT2D eigenvalue weighted by Crippen LogP contribution is -2.34. The lowest BCUT2D eigenvalue weighted by molar-refractivity contribution is -0.141. The van der Waals surface area contributed by atoms with E-state index in [0.29, 0.717) is 17.7 Å². The number of nitrogens with one attached hydrogen (secondary N) is 1. The number of dihydropyridines is 1. The van der Waals surface area contributed by atoms with Crippen LogP contribution in [-0.2, 0) is 23.9 Å². The van der Waals surface area contributed by atoms with Crippen LogP contribution in [-0.4, -0.2) is 31.4 Å². The zero-order valence-electron chi connectivity index (χ0n) is 14.5. The van der Waals surface area contributed by atoms with Crippen LogP contribution in [0.2, 0.25) is 0 Å². The molecule has 1 N–H and O–H groups in total. The summed E-state index contributed by atoms with van der Waals surface area (Å²) in [6.07, 6.45) is 0.575. The average Bonchev–Trinajstić information content (AvgIpc) is 2.61. The SMILES string of the molecule is CCOC(=O)C1=C(C)NC(c2ccccc2)=C(C(=O)OCC)[C@H]1C=O. The quantitative estimate of drug-likeness (QED) is 0.630. The van der Waals surface area contributed by atoms with E-state index in [0.717, 1.165) is 5.56 Å². The first-order valence-electron chi connectivity index (χ1n) is 8.12. The monoisotopic (exact) mass is 343 g/mol. The van der Waals surface area contributed by atoms with E-state index in [4.69, 9.17) is 9.47 Å². The zero-order chi connectivity index (χ0) is 18.4. The fourth-order valence-corrected chi connectivity index (χ4v) is 2.75. The van der Waals surface area contributed by atoms with Gasteiger partial charge in [0.2, 0.25) is 0 Å². The van der Waals surface area contributed by atoms with Gasteiger partial charge in [0.25, 0.3) is 0 Å². The molecule has 1 aliphatic heterocycles. The van der Waals surface area contributed by atoms with Crippen LogP contribution in [0.5, 0.6) is 0 Å². The smallest absolute Gasteiger partial charge is 0.337 e. The van der Waals surface area contributed by atoms with Gasteiger partial charge in [0.15, 0.2) is 0 Å². The third kappa shape index (κ3) is 3.79. The molecule has 2 rings (SSSR count). The predicted octanol–water partition coefficient (Wildman–Crippen LogP) is 2.22. The molecule has 0 spiro atoms. The van der Waals surface area contributed by atoms with Gasteiger partial charge in [-0.05, 0) is 26.3 Å². The van der Waals surface area contributed by atoms with Gasteiger partial charge in [-0.3, -0.25) is 0 Å². The molecule has 1 aromatic carbocycles. The molecule has 1 heterocycles. The fourth-order valence-electron chi connectivity index (χ4n) is 2.75. The lowest BCUT2D eigenvalue weighted by Gasteiger charge is -2.28. The van der Waals surface area contributed by atoms with E-state index >= 15 is 0 Å². The lowest BCUT2D eigenvalue weighted by atomic mass is 9.84. The summed E-state index contributed by atoms with van der Waals surface area (Å²) < 4.78 is 10.2. The average molecular weight is 343 g/mol. The number of hydrogen-bond donors (Lipinski definition) is 1. The van der Waals surface area contributed by atoms with Gasteiger partial charge in [0, 0.05) is 5.70 Å². The number of allylic oxidation sites excluding steroid dienone is 1. The van der Waals surface area contributed by atoms with Crippen LogP contribution in [0.15, 0.2) is 47.2 Å². The molecule has 132 valence electrons. The molecule has 1 aliphatic rings. The second-order valence-corrected chi connectivity index (χ2v) is 5.37. The van der Waals surface area contributed by atoms with Crippen molar-refractivity contribution in [3.63, 3.8) is 0 Å². The molecule has 0 fully saturated rings. The Morgan fingerprint density at radius 3 is 2.12 bits per heavy atom. The first kappa shape index (κ1) is 18.4. The van der Waals surface area contributed by atoms with Gasteiger partial charge in [-0.25, -0.2) is 9.59 Å². The molecule has 0 aliphatic carbocycles. The maximum absolute atomic E-state index is 12.5. The number of ether oxygens (including phenoxy) is 2. The van der Waals surface area contributed by atoms with Gasteiger partial charge in [-0.15, -0.1) is 0 Å². The van der Waals surface area contributed by atoms with E-state index in [1.54, 1.807) is 20.8 Å². The molecule has 0 radical (unpaired) electrons. The summed E-state index contributed by atoms with van der Waals surface area (Å²) in [5, 5.41) is 3.07. The summed E-state index contributed by atoms with van der Waals surface area (Å²) in [4.78, 5) is 36.6. The van der Waals surface area contributed by atoms with Crippen LogP contribution >= 0.6 is 0 Å². The van der Waals surface area contributed by atoms with Crippen molar-refractivity contribution in [2.24, 2.45) is 5.92 Å². The van der Waals surface area contributed by atoms with Crippen molar-refractivity contribution in [3.05, 3.63) is 52.7 Å². The standard InChI is InChI=1S/C19H21NO5/c1-4-24-18(22)15-12(3)20-17(13-9-7-6-8-10-13)16(14(15)11-21)19(23)25-5-2/h6-11,14,20H,4-5H2,1-3H3/t14-/m0/s1. The van der Waals surface area contributed by atoms with Crippen molar-refractivity contribution in [1.82, 2.24) is 5.32 Å². The third-order valence-electron chi connectivity index (χ3n) is 3.80. The maximum atomic E-state index is 12.5. The van der Waals surface area contributed by atoms with Crippen molar-refractivity contribution < 1.29 is 23.9 Å². The molecule has 0 saturated heterocycles. The van der Waals surface area contributed by atoms with Gasteiger partial charge in [0.05, 0.1) is 36.0 Å². The maximum Gasteiger partial charge on any atom is 0.337 e.